The number of amides is 1. The summed E-state index contributed by atoms with van der Waals surface area (Å²) in [5, 5.41) is 28.9. The standard InChI is InChI=1S/C16H20N4O4S2/c1-6-11-10(7(2)21)14(22)20(11)12(15(23)24)13(6)26-9-4-19-8(3)17-18-16(19)25-5-9/h6-7,9-11,21H,4-5H2,1-3H3,(H,23,24)/t6-,7-,9?,10-,11-/m1/s1. The molecule has 3 aliphatic rings. The molecular weight excluding hydrogens is 376 g/mol. The minimum absolute atomic E-state index is 0.0886. The summed E-state index contributed by atoms with van der Waals surface area (Å²) in [6, 6.07) is -0.264. The maximum atomic E-state index is 12.4. The zero-order valence-corrected chi connectivity index (χ0v) is 16.3. The van der Waals surface area contributed by atoms with Gasteiger partial charge in [0, 0.05) is 28.4 Å². The smallest absolute Gasteiger partial charge is 0.353 e. The lowest BCUT2D eigenvalue weighted by molar-refractivity contribution is -0.163. The third-order valence-electron chi connectivity index (χ3n) is 5.29. The Bertz CT molecular complexity index is 821. The van der Waals surface area contributed by atoms with Crippen LogP contribution in [0, 0.1) is 18.8 Å². The fourth-order valence-electron chi connectivity index (χ4n) is 4.03. The fraction of sp³-hybridized carbons (Fsp3) is 0.625. The van der Waals surface area contributed by atoms with Gasteiger partial charge >= 0.3 is 5.97 Å². The van der Waals surface area contributed by atoms with E-state index in [1.165, 1.54) is 16.7 Å². The van der Waals surface area contributed by atoms with Gasteiger partial charge in [0.2, 0.25) is 5.91 Å². The molecule has 4 rings (SSSR count). The van der Waals surface area contributed by atoms with Gasteiger partial charge in [-0.3, -0.25) is 4.79 Å². The average molecular weight is 396 g/mol. The lowest BCUT2D eigenvalue weighted by Gasteiger charge is -2.46. The number of carbonyl (C=O) groups is 2. The van der Waals surface area contributed by atoms with Crippen molar-refractivity contribution in [2.75, 3.05) is 5.75 Å². The topological polar surface area (TPSA) is 109 Å². The molecule has 1 fully saturated rings. The maximum Gasteiger partial charge on any atom is 0.353 e. The summed E-state index contributed by atoms with van der Waals surface area (Å²) in [4.78, 5) is 26.4. The number of aromatic nitrogens is 3. The van der Waals surface area contributed by atoms with Gasteiger partial charge in [0.25, 0.3) is 0 Å². The Kier molecular flexibility index (Phi) is 4.31. The largest absolute Gasteiger partial charge is 0.477 e. The van der Waals surface area contributed by atoms with Gasteiger partial charge in [0.1, 0.15) is 11.5 Å². The molecule has 1 saturated heterocycles. The van der Waals surface area contributed by atoms with E-state index >= 15 is 0 Å². The molecule has 0 bridgehead atoms. The first-order chi connectivity index (χ1) is 12.3. The molecule has 1 amide bonds. The van der Waals surface area contributed by atoms with E-state index in [1.54, 1.807) is 18.7 Å². The van der Waals surface area contributed by atoms with Gasteiger partial charge in [-0.2, -0.15) is 0 Å². The number of hydrogen-bond acceptors (Lipinski definition) is 7. The van der Waals surface area contributed by atoms with Gasteiger partial charge in [-0.25, -0.2) is 4.79 Å². The molecule has 1 unspecified atom stereocenters. The van der Waals surface area contributed by atoms with Crippen molar-refractivity contribution in [3.05, 3.63) is 16.4 Å². The zero-order valence-electron chi connectivity index (χ0n) is 14.6. The number of carboxylic acid groups (broad SMARTS) is 1. The molecule has 140 valence electrons. The molecule has 5 atom stereocenters. The fourth-order valence-corrected chi connectivity index (χ4v) is 6.64. The summed E-state index contributed by atoms with van der Waals surface area (Å²) in [7, 11) is 0. The highest BCUT2D eigenvalue weighted by Gasteiger charge is 2.60. The molecule has 0 aliphatic carbocycles. The quantitative estimate of drug-likeness (QED) is 0.724. The minimum Gasteiger partial charge on any atom is -0.477 e. The summed E-state index contributed by atoms with van der Waals surface area (Å²) < 4.78 is 2.05. The van der Waals surface area contributed by atoms with E-state index in [0.29, 0.717) is 6.54 Å². The molecule has 0 saturated carbocycles. The first-order valence-corrected chi connectivity index (χ1v) is 10.4. The van der Waals surface area contributed by atoms with Crippen molar-refractivity contribution >= 4 is 35.4 Å². The van der Waals surface area contributed by atoms with Crippen LogP contribution in [0.15, 0.2) is 15.8 Å². The summed E-state index contributed by atoms with van der Waals surface area (Å²) in [6.45, 7) is 6.16. The van der Waals surface area contributed by atoms with E-state index in [-0.39, 0.29) is 28.8 Å². The van der Waals surface area contributed by atoms with E-state index < -0.39 is 18.0 Å². The van der Waals surface area contributed by atoms with E-state index in [9.17, 15) is 19.8 Å². The van der Waals surface area contributed by atoms with E-state index in [1.807, 2.05) is 18.4 Å². The van der Waals surface area contributed by atoms with Crippen molar-refractivity contribution in [1.82, 2.24) is 19.7 Å². The van der Waals surface area contributed by atoms with E-state index in [2.05, 4.69) is 10.2 Å². The summed E-state index contributed by atoms with van der Waals surface area (Å²) in [5.74, 6) is -0.340. The van der Waals surface area contributed by atoms with Crippen LogP contribution in [0.1, 0.15) is 19.7 Å². The number of hydrogen-bond donors (Lipinski definition) is 2. The second-order valence-electron chi connectivity index (χ2n) is 6.96. The molecule has 4 heterocycles. The highest BCUT2D eigenvalue weighted by Crippen LogP contribution is 2.52. The number of aliphatic carboxylic acids is 1. The number of thioether (sulfide) groups is 2. The Morgan fingerprint density at radius 3 is 2.81 bits per heavy atom. The van der Waals surface area contributed by atoms with Crippen molar-refractivity contribution < 1.29 is 19.8 Å². The molecule has 0 aromatic carbocycles. The third-order valence-corrected chi connectivity index (χ3v) is 8.10. The van der Waals surface area contributed by atoms with E-state index in [4.69, 9.17) is 0 Å². The van der Waals surface area contributed by atoms with Crippen LogP contribution in [0.25, 0.3) is 0 Å². The molecule has 3 aliphatic heterocycles. The van der Waals surface area contributed by atoms with Crippen molar-refractivity contribution in [3.63, 3.8) is 0 Å². The van der Waals surface area contributed by atoms with E-state index in [0.717, 1.165) is 21.6 Å². The second kappa shape index (κ2) is 6.28. The number of β-lactam (4-membered cyclic amide) rings is 1. The Labute approximate surface area is 159 Å². The molecule has 1 aromatic rings. The van der Waals surface area contributed by atoms with Crippen molar-refractivity contribution in [3.8, 4) is 0 Å². The average Bonchev–Trinajstić information content (AvgIpc) is 3.05. The number of aryl methyl sites for hydroxylation is 1. The maximum absolute atomic E-state index is 12.4. The minimum atomic E-state index is -1.08. The highest BCUT2D eigenvalue weighted by molar-refractivity contribution is 8.05. The molecule has 2 N–H and O–H groups in total. The van der Waals surface area contributed by atoms with Gasteiger partial charge in [-0.1, -0.05) is 18.7 Å². The number of aliphatic hydroxyl groups excluding tert-OH is 1. The lowest BCUT2D eigenvalue weighted by Crippen LogP contribution is -2.63. The lowest BCUT2D eigenvalue weighted by atomic mass is 9.79. The Balaban J connectivity index is 1.61. The van der Waals surface area contributed by atoms with Crippen LogP contribution >= 0.6 is 23.5 Å². The van der Waals surface area contributed by atoms with Crippen LogP contribution in [-0.4, -0.2) is 64.9 Å². The Hall–Kier alpha value is -1.52. The predicted molar refractivity (Wildman–Crippen MR) is 96.5 cm³/mol. The van der Waals surface area contributed by atoms with Crippen molar-refractivity contribution in [1.29, 1.82) is 0 Å². The SMILES string of the molecule is Cc1nnc2n1CC(SC1=C(C(=O)O)N3C(=O)[C@H]([C@@H](C)O)[C@H]3[C@H]1C)CS2. The molecule has 0 radical (unpaired) electrons. The summed E-state index contributed by atoms with van der Waals surface area (Å²) in [5.41, 5.74) is 0.0886. The van der Waals surface area contributed by atoms with Crippen LogP contribution in [0.5, 0.6) is 0 Å². The Morgan fingerprint density at radius 1 is 1.42 bits per heavy atom. The summed E-state index contributed by atoms with van der Waals surface area (Å²) >= 11 is 3.15. The van der Waals surface area contributed by atoms with Gasteiger partial charge in [-0.05, 0) is 13.8 Å². The van der Waals surface area contributed by atoms with Crippen LogP contribution in [0.2, 0.25) is 0 Å². The first kappa shape index (κ1) is 17.9. The number of carbonyl (C=O) groups excluding carboxylic acids is 1. The van der Waals surface area contributed by atoms with Gasteiger partial charge in [-0.15, -0.1) is 22.0 Å². The number of nitrogens with zero attached hydrogens (tertiary/aromatic N) is 4. The Morgan fingerprint density at radius 2 is 2.15 bits per heavy atom. The predicted octanol–water partition coefficient (Wildman–Crippen LogP) is 0.948. The molecule has 8 nitrogen and oxygen atoms in total. The molecular formula is C16H20N4O4S2. The molecule has 10 heteroatoms. The first-order valence-electron chi connectivity index (χ1n) is 8.49. The van der Waals surface area contributed by atoms with Crippen molar-refractivity contribution in [2.45, 2.75) is 49.9 Å². The number of carboxylic acids is 1. The zero-order chi connectivity index (χ0) is 18.7. The van der Waals surface area contributed by atoms with Gasteiger partial charge in [0.05, 0.1) is 18.1 Å². The van der Waals surface area contributed by atoms with Crippen LogP contribution in [0.4, 0.5) is 0 Å². The molecule has 1 aromatic heterocycles. The third kappa shape index (κ3) is 2.49. The van der Waals surface area contributed by atoms with Gasteiger partial charge in [0.15, 0.2) is 5.16 Å². The number of aliphatic hydroxyl groups is 1. The second-order valence-corrected chi connectivity index (χ2v) is 9.29. The van der Waals surface area contributed by atoms with Crippen LogP contribution in [0.3, 0.4) is 0 Å². The normalized spacial score (nSPS) is 31.5. The molecule has 0 spiro atoms. The highest BCUT2D eigenvalue weighted by atomic mass is 32.2. The number of fused-ring (bicyclic) bond motifs is 2. The summed E-state index contributed by atoms with van der Waals surface area (Å²) in [6.07, 6.45) is -0.780. The molecule has 26 heavy (non-hydrogen) atoms. The number of rotatable bonds is 4. The van der Waals surface area contributed by atoms with Gasteiger partial charge < -0.3 is 19.7 Å². The van der Waals surface area contributed by atoms with Crippen molar-refractivity contribution in [2.24, 2.45) is 11.8 Å². The van der Waals surface area contributed by atoms with Crippen LogP contribution < -0.4 is 0 Å². The monoisotopic (exact) mass is 396 g/mol. The van der Waals surface area contributed by atoms with Crippen LogP contribution in [-0.2, 0) is 16.1 Å².